The predicted molar refractivity (Wildman–Crippen MR) is 77.8 cm³/mol. The van der Waals surface area contributed by atoms with Crippen molar-refractivity contribution in [1.82, 2.24) is 0 Å². The Morgan fingerprint density at radius 3 is 2.42 bits per heavy atom. The largest absolute Gasteiger partial charge is 0.204 e. The van der Waals surface area contributed by atoms with Crippen molar-refractivity contribution in [3.8, 4) is 0 Å². The maximum atomic E-state index is 13.1. The van der Waals surface area contributed by atoms with E-state index in [0.717, 1.165) is 22.2 Å². The molecule has 2 aromatic carbocycles. The molecule has 0 aromatic heterocycles. The van der Waals surface area contributed by atoms with Gasteiger partial charge in [-0.05, 0) is 41.8 Å². The summed E-state index contributed by atoms with van der Waals surface area (Å²) in [6.45, 7) is 0. The average Bonchev–Trinajstić information content (AvgIpc) is 2.33. The lowest BCUT2D eigenvalue weighted by molar-refractivity contribution is 0.507. The molecular formula is C14H9BrCl2F2. The summed E-state index contributed by atoms with van der Waals surface area (Å²) in [7, 11) is 0. The lowest BCUT2D eigenvalue weighted by atomic mass is 10.0. The summed E-state index contributed by atoms with van der Waals surface area (Å²) in [5.41, 5.74) is 1.50. The third kappa shape index (κ3) is 3.68. The van der Waals surface area contributed by atoms with Crippen LogP contribution in [0.3, 0.4) is 0 Å². The van der Waals surface area contributed by atoms with Gasteiger partial charge in [-0.25, -0.2) is 8.78 Å². The Balaban J connectivity index is 2.20. The molecule has 0 fully saturated rings. The summed E-state index contributed by atoms with van der Waals surface area (Å²) < 4.78 is 26.8. The van der Waals surface area contributed by atoms with Crippen LogP contribution < -0.4 is 0 Å². The molecule has 5 heteroatoms. The first kappa shape index (κ1) is 14.8. The van der Waals surface area contributed by atoms with Gasteiger partial charge in [0.25, 0.3) is 0 Å². The fraction of sp³-hybridized carbons (Fsp3) is 0.143. The van der Waals surface area contributed by atoms with Crippen LogP contribution in [0.15, 0.2) is 40.9 Å². The van der Waals surface area contributed by atoms with E-state index in [-0.39, 0.29) is 5.38 Å². The Bertz CT molecular complexity index is 602. The Morgan fingerprint density at radius 1 is 1.05 bits per heavy atom. The highest BCUT2D eigenvalue weighted by Gasteiger charge is 2.14. The molecule has 0 aliphatic rings. The maximum Gasteiger partial charge on any atom is 0.159 e. The van der Waals surface area contributed by atoms with Crippen molar-refractivity contribution in [2.24, 2.45) is 0 Å². The molecule has 0 spiro atoms. The van der Waals surface area contributed by atoms with Crippen LogP contribution in [0.4, 0.5) is 8.78 Å². The van der Waals surface area contributed by atoms with Crippen molar-refractivity contribution >= 4 is 39.1 Å². The Morgan fingerprint density at radius 2 is 1.79 bits per heavy atom. The second kappa shape index (κ2) is 6.21. The van der Waals surface area contributed by atoms with Gasteiger partial charge in [-0.15, -0.1) is 11.6 Å². The van der Waals surface area contributed by atoms with E-state index in [1.165, 1.54) is 6.07 Å². The molecule has 2 rings (SSSR count). The average molecular weight is 366 g/mol. The first-order valence-corrected chi connectivity index (χ1v) is 7.11. The minimum atomic E-state index is -0.864. The van der Waals surface area contributed by atoms with Gasteiger partial charge in [0.15, 0.2) is 11.6 Å². The number of rotatable bonds is 3. The van der Waals surface area contributed by atoms with E-state index in [2.05, 4.69) is 15.9 Å². The maximum absolute atomic E-state index is 13.1. The highest BCUT2D eigenvalue weighted by Crippen LogP contribution is 2.32. The van der Waals surface area contributed by atoms with Crippen molar-refractivity contribution in [3.63, 3.8) is 0 Å². The van der Waals surface area contributed by atoms with Crippen molar-refractivity contribution in [3.05, 3.63) is 68.7 Å². The molecule has 0 saturated carbocycles. The van der Waals surface area contributed by atoms with Gasteiger partial charge < -0.3 is 0 Å². The third-order valence-electron chi connectivity index (χ3n) is 2.70. The van der Waals surface area contributed by atoms with Gasteiger partial charge >= 0.3 is 0 Å². The molecule has 100 valence electrons. The molecule has 0 saturated heterocycles. The lowest BCUT2D eigenvalue weighted by Gasteiger charge is -2.12. The van der Waals surface area contributed by atoms with Gasteiger partial charge in [0.05, 0.1) is 5.38 Å². The van der Waals surface area contributed by atoms with Gasteiger partial charge in [-0.2, -0.15) is 0 Å². The molecule has 0 aliphatic carbocycles. The topological polar surface area (TPSA) is 0 Å². The summed E-state index contributed by atoms with van der Waals surface area (Å²) >= 11 is 15.5. The lowest BCUT2D eigenvalue weighted by Crippen LogP contribution is -1.98. The van der Waals surface area contributed by atoms with Crippen LogP contribution in [-0.4, -0.2) is 0 Å². The number of halogens is 5. The zero-order valence-electron chi connectivity index (χ0n) is 9.64. The van der Waals surface area contributed by atoms with Crippen LogP contribution in [-0.2, 0) is 6.42 Å². The van der Waals surface area contributed by atoms with Crippen LogP contribution in [0.25, 0.3) is 0 Å². The van der Waals surface area contributed by atoms with Crippen LogP contribution >= 0.6 is 39.1 Å². The predicted octanol–water partition coefficient (Wildman–Crippen LogP) is 5.90. The molecule has 19 heavy (non-hydrogen) atoms. The standard InChI is InChI=1S/C14H9BrCl2F2/c15-11-7-9(16)2-3-10(11)12(17)5-8-1-4-13(18)14(19)6-8/h1-4,6-7,12H,5H2. The van der Waals surface area contributed by atoms with Gasteiger partial charge in [-0.3, -0.25) is 0 Å². The molecular weight excluding hydrogens is 357 g/mol. The van der Waals surface area contributed by atoms with E-state index >= 15 is 0 Å². The van der Waals surface area contributed by atoms with Crippen LogP contribution in [0.2, 0.25) is 5.02 Å². The zero-order chi connectivity index (χ0) is 14.0. The molecule has 0 aliphatic heterocycles. The monoisotopic (exact) mass is 364 g/mol. The SMILES string of the molecule is Fc1ccc(CC(Cl)c2ccc(Cl)cc2Br)cc1F. The van der Waals surface area contributed by atoms with Gasteiger partial charge in [0.2, 0.25) is 0 Å². The second-order valence-electron chi connectivity index (χ2n) is 4.09. The fourth-order valence-electron chi connectivity index (χ4n) is 1.74. The summed E-state index contributed by atoms with van der Waals surface area (Å²) in [5, 5.41) is 0.254. The van der Waals surface area contributed by atoms with Crippen LogP contribution in [0, 0.1) is 11.6 Å². The van der Waals surface area contributed by atoms with Crippen LogP contribution in [0.1, 0.15) is 16.5 Å². The van der Waals surface area contributed by atoms with Gasteiger partial charge in [0.1, 0.15) is 0 Å². The highest BCUT2D eigenvalue weighted by atomic mass is 79.9. The Labute approximate surface area is 128 Å². The smallest absolute Gasteiger partial charge is 0.159 e. The van der Waals surface area contributed by atoms with E-state index in [1.807, 2.05) is 6.07 Å². The molecule has 1 unspecified atom stereocenters. The van der Waals surface area contributed by atoms with E-state index in [4.69, 9.17) is 23.2 Å². The summed E-state index contributed by atoms with van der Waals surface area (Å²) in [4.78, 5) is 0. The van der Waals surface area contributed by atoms with E-state index in [9.17, 15) is 8.78 Å². The van der Waals surface area contributed by atoms with E-state index < -0.39 is 11.6 Å². The van der Waals surface area contributed by atoms with Crippen molar-refractivity contribution in [1.29, 1.82) is 0 Å². The number of hydrogen-bond donors (Lipinski definition) is 0. The van der Waals surface area contributed by atoms with Crippen molar-refractivity contribution in [2.75, 3.05) is 0 Å². The molecule has 0 nitrogen and oxygen atoms in total. The summed E-state index contributed by atoms with van der Waals surface area (Å²) in [6.07, 6.45) is 0.402. The van der Waals surface area contributed by atoms with Crippen molar-refractivity contribution < 1.29 is 8.78 Å². The minimum absolute atomic E-state index is 0.350. The zero-order valence-corrected chi connectivity index (χ0v) is 12.7. The first-order valence-electron chi connectivity index (χ1n) is 5.50. The first-order chi connectivity index (χ1) is 8.97. The molecule has 0 radical (unpaired) electrons. The normalized spacial score (nSPS) is 12.5. The van der Waals surface area contributed by atoms with E-state index in [1.54, 1.807) is 12.1 Å². The number of benzene rings is 2. The molecule has 1 atom stereocenters. The quantitative estimate of drug-likeness (QED) is 0.593. The molecule has 0 N–H and O–H groups in total. The molecule has 2 aromatic rings. The number of hydrogen-bond acceptors (Lipinski definition) is 0. The van der Waals surface area contributed by atoms with Crippen LogP contribution in [0.5, 0.6) is 0 Å². The third-order valence-corrected chi connectivity index (χ3v) is 4.01. The fourth-order valence-corrected chi connectivity index (χ4v) is 3.20. The highest BCUT2D eigenvalue weighted by molar-refractivity contribution is 9.10. The minimum Gasteiger partial charge on any atom is -0.204 e. The van der Waals surface area contributed by atoms with Crippen molar-refractivity contribution in [2.45, 2.75) is 11.8 Å². The van der Waals surface area contributed by atoms with E-state index in [0.29, 0.717) is 17.0 Å². The molecule has 0 heterocycles. The Hall–Kier alpha value is -0.640. The summed E-state index contributed by atoms with van der Waals surface area (Å²) in [5.74, 6) is -1.72. The number of alkyl halides is 1. The Kier molecular flexibility index (Phi) is 4.82. The molecule has 0 amide bonds. The van der Waals surface area contributed by atoms with Gasteiger partial charge in [0, 0.05) is 9.50 Å². The summed E-state index contributed by atoms with van der Waals surface area (Å²) in [6, 6.07) is 9.08. The van der Waals surface area contributed by atoms with Gasteiger partial charge in [-0.1, -0.05) is 39.7 Å². The molecule has 0 bridgehead atoms. The second-order valence-corrected chi connectivity index (χ2v) is 5.90.